The fraction of sp³-hybridized carbons (Fsp3) is 0. The van der Waals surface area contributed by atoms with Crippen LogP contribution in [0.15, 0.2) is 30.3 Å². The number of carboxylic acids is 1. The third-order valence-corrected chi connectivity index (χ3v) is 2.47. The van der Waals surface area contributed by atoms with Gasteiger partial charge in [-0.3, -0.25) is 0 Å². The fourth-order valence-electron chi connectivity index (χ4n) is 1.51. The Kier molecular flexibility index (Phi) is 4.95. The van der Waals surface area contributed by atoms with Crippen molar-refractivity contribution in [2.75, 3.05) is 0 Å². The van der Waals surface area contributed by atoms with E-state index in [4.69, 9.17) is 11.6 Å². The van der Waals surface area contributed by atoms with E-state index in [1.807, 2.05) is 0 Å². The van der Waals surface area contributed by atoms with E-state index in [9.17, 15) is 15.0 Å². The summed E-state index contributed by atoms with van der Waals surface area (Å²) in [6, 6.07) is 8.26. The molecule has 76 valence electrons. The number of hydrogen-bond donors (Lipinski definition) is 1. The molecular formula is C11H6ClO3Rb. The maximum atomic E-state index is 10.9. The number of halogens is 1. The number of fused-ring (bicyclic) bond motifs is 1. The van der Waals surface area contributed by atoms with Crippen LogP contribution in [0.3, 0.4) is 0 Å². The van der Waals surface area contributed by atoms with Crippen LogP contribution < -0.4 is 63.3 Å². The van der Waals surface area contributed by atoms with Crippen LogP contribution in [0.25, 0.3) is 10.8 Å². The number of aromatic hydroxyl groups is 1. The minimum absolute atomic E-state index is 0. The smallest absolute Gasteiger partial charge is 0.545 e. The van der Waals surface area contributed by atoms with Crippen LogP contribution in [-0.4, -0.2) is 11.1 Å². The average molecular weight is 307 g/mol. The summed E-state index contributed by atoms with van der Waals surface area (Å²) in [4.78, 5) is 10.9. The van der Waals surface area contributed by atoms with Gasteiger partial charge < -0.3 is 15.0 Å². The van der Waals surface area contributed by atoms with Gasteiger partial charge in [0, 0.05) is 5.56 Å². The van der Waals surface area contributed by atoms with E-state index in [2.05, 4.69) is 0 Å². The molecule has 5 heteroatoms. The average Bonchev–Trinajstić information content (AvgIpc) is 2.19. The zero-order chi connectivity index (χ0) is 11.0. The van der Waals surface area contributed by atoms with Crippen molar-refractivity contribution >= 4 is 28.3 Å². The number of phenols is 1. The number of rotatable bonds is 1. The Morgan fingerprint density at radius 1 is 1.31 bits per heavy atom. The van der Waals surface area contributed by atoms with Gasteiger partial charge in [0.05, 0.1) is 11.0 Å². The van der Waals surface area contributed by atoms with Crippen LogP contribution in [0.1, 0.15) is 10.4 Å². The largest absolute Gasteiger partial charge is 1.00 e. The summed E-state index contributed by atoms with van der Waals surface area (Å²) in [7, 11) is 0. The predicted molar refractivity (Wildman–Crippen MR) is 55.0 cm³/mol. The van der Waals surface area contributed by atoms with Gasteiger partial charge in [-0.2, -0.15) is 0 Å². The van der Waals surface area contributed by atoms with E-state index in [1.54, 1.807) is 24.3 Å². The van der Waals surface area contributed by atoms with E-state index in [0.29, 0.717) is 10.8 Å². The molecule has 0 heterocycles. The quantitative estimate of drug-likeness (QED) is 0.702. The summed E-state index contributed by atoms with van der Waals surface area (Å²) in [6.07, 6.45) is 0. The molecule has 2 aromatic carbocycles. The first-order valence-electron chi connectivity index (χ1n) is 4.23. The first-order valence-corrected chi connectivity index (χ1v) is 4.60. The molecule has 0 unspecified atom stereocenters. The summed E-state index contributed by atoms with van der Waals surface area (Å²) in [5.74, 6) is -1.89. The van der Waals surface area contributed by atoms with Crippen molar-refractivity contribution < 1.29 is 73.2 Å². The van der Waals surface area contributed by atoms with Crippen molar-refractivity contribution in [1.29, 1.82) is 0 Å². The summed E-state index contributed by atoms with van der Waals surface area (Å²) >= 11 is 5.70. The zero-order valence-corrected chi connectivity index (χ0v) is 14.2. The molecule has 0 atom stereocenters. The monoisotopic (exact) mass is 306 g/mol. The van der Waals surface area contributed by atoms with Gasteiger partial charge in [0.1, 0.15) is 5.75 Å². The number of carbonyl (C=O) groups excluding carboxylic acids is 1. The summed E-state index contributed by atoms with van der Waals surface area (Å²) in [5, 5.41) is 21.4. The second-order valence-electron chi connectivity index (χ2n) is 3.09. The van der Waals surface area contributed by atoms with Gasteiger partial charge >= 0.3 is 58.2 Å². The molecule has 0 amide bonds. The van der Waals surface area contributed by atoms with Gasteiger partial charge in [-0.25, -0.2) is 0 Å². The molecule has 0 fully saturated rings. The molecule has 0 aliphatic carbocycles. The van der Waals surface area contributed by atoms with Gasteiger partial charge in [-0.05, 0) is 16.8 Å². The normalized spacial score (nSPS) is 9.81. The number of carboxylic acid groups (broad SMARTS) is 1. The van der Waals surface area contributed by atoms with Crippen LogP contribution in [0.4, 0.5) is 0 Å². The second-order valence-corrected chi connectivity index (χ2v) is 3.50. The number of aromatic carboxylic acids is 1. The second kappa shape index (κ2) is 5.60. The van der Waals surface area contributed by atoms with E-state index in [-0.39, 0.29) is 68.8 Å². The van der Waals surface area contributed by atoms with E-state index < -0.39 is 11.7 Å². The Morgan fingerprint density at radius 3 is 2.56 bits per heavy atom. The van der Waals surface area contributed by atoms with Crippen LogP contribution in [0, 0.1) is 0 Å². The first kappa shape index (κ1) is 14.1. The standard InChI is InChI=1S/C11H7ClO3.Rb/c12-8-5-6-3-1-2-4-7(6)9(10(8)13)11(14)15;/h1-5,13H,(H,14,15);/q;+1/p-1. The molecule has 0 bridgehead atoms. The molecule has 16 heavy (non-hydrogen) atoms. The van der Waals surface area contributed by atoms with Crippen molar-refractivity contribution in [3.63, 3.8) is 0 Å². The van der Waals surface area contributed by atoms with E-state index in [0.717, 1.165) is 0 Å². The SMILES string of the molecule is O=C([O-])c1c(O)c(Cl)cc2ccccc12.[Rb+]. The Bertz CT molecular complexity index is 554. The topological polar surface area (TPSA) is 60.4 Å². The third kappa shape index (κ3) is 2.49. The van der Waals surface area contributed by atoms with Crippen LogP contribution >= 0.6 is 11.6 Å². The molecule has 2 rings (SSSR count). The molecule has 2 aromatic rings. The van der Waals surface area contributed by atoms with Crippen molar-refractivity contribution in [3.8, 4) is 5.75 Å². The van der Waals surface area contributed by atoms with Gasteiger partial charge in [-0.15, -0.1) is 0 Å². The molecule has 0 aliphatic rings. The molecule has 0 saturated heterocycles. The number of benzene rings is 2. The Labute approximate surface area is 146 Å². The minimum Gasteiger partial charge on any atom is -0.545 e. The van der Waals surface area contributed by atoms with Crippen LogP contribution in [-0.2, 0) is 0 Å². The van der Waals surface area contributed by atoms with Crippen LogP contribution in [0.2, 0.25) is 5.02 Å². The van der Waals surface area contributed by atoms with Crippen molar-refractivity contribution in [2.24, 2.45) is 0 Å². The third-order valence-electron chi connectivity index (χ3n) is 2.18. The van der Waals surface area contributed by atoms with Crippen LogP contribution in [0.5, 0.6) is 5.75 Å². The summed E-state index contributed by atoms with van der Waals surface area (Å²) in [5.41, 5.74) is -0.266. The zero-order valence-electron chi connectivity index (χ0n) is 8.53. The minimum atomic E-state index is -1.44. The van der Waals surface area contributed by atoms with Crippen molar-refractivity contribution in [3.05, 3.63) is 40.9 Å². The first-order chi connectivity index (χ1) is 7.11. The molecule has 0 aliphatic heterocycles. The Hall–Kier alpha value is 0.0652. The molecular weight excluding hydrogens is 301 g/mol. The fourth-order valence-corrected chi connectivity index (χ4v) is 1.72. The molecule has 0 spiro atoms. The van der Waals surface area contributed by atoms with E-state index in [1.165, 1.54) is 6.07 Å². The Morgan fingerprint density at radius 2 is 1.94 bits per heavy atom. The Balaban J connectivity index is 0.00000128. The predicted octanol–water partition coefficient (Wildman–Crippen LogP) is -1.43. The van der Waals surface area contributed by atoms with Gasteiger partial charge in [-0.1, -0.05) is 35.9 Å². The number of carbonyl (C=O) groups is 1. The molecule has 0 radical (unpaired) electrons. The number of hydrogen-bond acceptors (Lipinski definition) is 3. The molecule has 0 aromatic heterocycles. The molecule has 0 saturated carbocycles. The summed E-state index contributed by atoms with van der Waals surface area (Å²) < 4.78 is 0. The molecule has 3 nitrogen and oxygen atoms in total. The summed E-state index contributed by atoms with van der Waals surface area (Å²) in [6.45, 7) is 0. The van der Waals surface area contributed by atoms with Crippen molar-refractivity contribution in [1.82, 2.24) is 0 Å². The molecule has 1 N–H and O–H groups in total. The van der Waals surface area contributed by atoms with Crippen molar-refractivity contribution in [2.45, 2.75) is 0 Å². The maximum absolute atomic E-state index is 10.9. The van der Waals surface area contributed by atoms with Gasteiger partial charge in [0.25, 0.3) is 0 Å². The van der Waals surface area contributed by atoms with Gasteiger partial charge in [0.15, 0.2) is 0 Å². The maximum Gasteiger partial charge on any atom is 1.00 e. The van der Waals surface area contributed by atoms with Gasteiger partial charge in [0.2, 0.25) is 0 Å². The van der Waals surface area contributed by atoms with E-state index >= 15 is 0 Å².